The third kappa shape index (κ3) is 4.19. The second kappa shape index (κ2) is 8.99. The predicted octanol–water partition coefficient (Wildman–Crippen LogP) is 2.84. The van der Waals surface area contributed by atoms with Crippen molar-refractivity contribution in [3.05, 3.63) is 70.0 Å². The lowest BCUT2D eigenvalue weighted by molar-refractivity contribution is -0.136. The third-order valence-electron chi connectivity index (χ3n) is 7.14. The summed E-state index contributed by atoms with van der Waals surface area (Å²) < 4.78 is 14.6. The minimum absolute atomic E-state index is 0.126. The van der Waals surface area contributed by atoms with Crippen molar-refractivity contribution in [2.75, 3.05) is 13.1 Å². The van der Waals surface area contributed by atoms with Gasteiger partial charge >= 0.3 is 0 Å². The SMILES string of the molecule is N#Cc1cccc(CN2CCC(c3cc(F)cc4c3CN(C3CCC(=O)NC3=O)C4=O)CC2)c1. The lowest BCUT2D eigenvalue weighted by Gasteiger charge is -2.33. The largest absolute Gasteiger partial charge is 0.322 e. The first-order valence-electron chi connectivity index (χ1n) is 11.6. The zero-order chi connectivity index (χ0) is 23.8. The molecule has 0 spiro atoms. The standard InChI is InChI=1S/C26H25FN4O3/c27-19-11-20(18-6-8-30(9-7-18)14-17-3-1-2-16(10-17)13-28)22-15-31(26(34)21(22)12-19)23-4-5-24(32)29-25(23)33/h1-3,10-12,18,23H,4-9,14-15H2,(H,29,32,33). The van der Waals surface area contributed by atoms with Crippen molar-refractivity contribution in [2.45, 2.75) is 50.7 Å². The lowest BCUT2D eigenvalue weighted by Crippen LogP contribution is -2.52. The number of likely N-dealkylation sites (tertiary alicyclic amines) is 1. The van der Waals surface area contributed by atoms with Gasteiger partial charge in [-0.2, -0.15) is 5.26 Å². The van der Waals surface area contributed by atoms with E-state index >= 15 is 0 Å². The molecule has 174 valence electrons. The van der Waals surface area contributed by atoms with Gasteiger partial charge in [0.25, 0.3) is 5.91 Å². The topological polar surface area (TPSA) is 93.5 Å². The highest BCUT2D eigenvalue weighted by molar-refractivity contribution is 6.05. The molecule has 0 aliphatic carbocycles. The van der Waals surface area contributed by atoms with Crippen LogP contribution in [0.5, 0.6) is 0 Å². The molecule has 2 aromatic carbocycles. The van der Waals surface area contributed by atoms with E-state index < -0.39 is 17.8 Å². The molecule has 1 atom stereocenters. The number of nitrogens with one attached hydrogen (secondary N) is 1. The van der Waals surface area contributed by atoms with Gasteiger partial charge in [0, 0.05) is 25.1 Å². The number of benzene rings is 2. The summed E-state index contributed by atoms with van der Waals surface area (Å²) in [5, 5.41) is 11.4. The van der Waals surface area contributed by atoms with E-state index in [0.717, 1.165) is 49.2 Å². The number of hydrogen-bond donors (Lipinski definition) is 1. The Hall–Kier alpha value is -3.57. The number of nitriles is 1. The fraction of sp³-hybridized carbons (Fsp3) is 0.385. The van der Waals surface area contributed by atoms with Gasteiger partial charge < -0.3 is 4.90 Å². The van der Waals surface area contributed by atoms with Crippen LogP contribution in [-0.2, 0) is 22.7 Å². The van der Waals surface area contributed by atoms with Gasteiger partial charge in [0.05, 0.1) is 11.6 Å². The molecule has 3 amide bonds. The molecule has 5 rings (SSSR count). The van der Waals surface area contributed by atoms with E-state index in [-0.39, 0.29) is 37.1 Å². The number of carbonyl (C=O) groups is 3. The normalized spacial score (nSPS) is 21.4. The molecule has 7 nitrogen and oxygen atoms in total. The molecule has 3 aliphatic rings. The molecule has 8 heteroatoms. The van der Waals surface area contributed by atoms with Crippen LogP contribution < -0.4 is 5.32 Å². The summed E-state index contributed by atoms with van der Waals surface area (Å²) in [6.07, 6.45) is 2.14. The van der Waals surface area contributed by atoms with Crippen molar-refractivity contribution in [3.63, 3.8) is 0 Å². The maximum atomic E-state index is 14.6. The van der Waals surface area contributed by atoms with E-state index in [0.29, 0.717) is 11.1 Å². The molecular weight excluding hydrogens is 435 g/mol. The first-order chi connectivity index (χ1) is 16.4. The number of amides is 3. The number of imide groups is 1. The number of halogens is 1. The van der Waals surface area contributed by atoms with Crippen LogP contribution in [0.1, 0.15) is 64.2 Å². The molecular formula is C26H25FN4O3. The molecule has 0 bridgehead atoms. The lowest BCUT2D eigenvalue weighted by atomic mass is 9.85. The van der Waals surface area contributed by atoms with Gasteiger partial charge in [-0.25, -0.2) is 4.39 Å². The van der Waals surface area contributed by atoms with Crippen LogP contribution in [0.2, 0.25) is 0 Å². The summed E-state index contributed by atoms with van der Waals surface area (Å²) in [4.78, 5) is 40.7. The van der Waals surface area contributed by atoms with Crippen LogP contribution in [0.25, 0.3) is 0 Å². The van der Waals surface area contributed by atoms with Crippen LogP contribution >= 0.6 is 0 Å². The van der Waals surface area contributed by atoms with Crippen LogP contribution in [0.3, 0.4) is 0 Å². The second-order valence-electron chi connectivity index (χ2n) is 9.28. The van der Waals surface area contributed by atoms with Gasteiger partial charge in [0.1, 0.15) is 11.9 Å². The number of piperidine rings is 2. The van der Waals surface area contributed by atoms with Crippen molar-refractivity contribution in [1.82, 2.24) is 15.1 Å². The molecule has 2 aromatic rings. The van der Waals surface area contributed by atoms with Gasteiger partial charge in [-0.1, -0.05) is 12.1 Å². The van der Waals surface area contributed by atoms with Gasteiger partial charge in [0.15, 0.2) is 0 Å². The highest BCUT2D eigenvalue weighted by Crippen LogP contribution is 2.38. The van der Waals surface area contributed by atoms with E-state index in [1.807, 2.05) is 18.2 Å². The summed E-state index contributed by atoms with van der Waals surface area (Å²) in [5.74, 6) is -1.46. The van der Waals surface area contributed by atoms with E-state index in [2.05, 4.69) is 16.3 Å². The molecule has 2 fully saturated rings. The van der Waals surface area contributed by atoms with Crippen molar-refractivity contribution >= 4 is 17.7 Å². The molecule has 3 heterocycles. The molecule has 0 aromatic heterocycles. The fourth-order valence-corrected chi connectivity index (χ4v) is 5.42. The Morgan fingerprint density at radius 3 is 2.62 bits per heavy atom. The smallest absolute Gasteiger partial charge is 0.255 e. The molecule has 1 unspecified atom stereocenters. The maximum Gasteiger partial charge on any atom is 0.255 e. The zero-order valence-corrected chi connectivity index (χ0v) is 18.7. The van der Waals surface area contributed by atoms with Crippen LogP contribution in [0, 0.1) is 17.1 Å². The molecule has 2 saturated heterocycles. The number of rotatable bonds is 4. The molecule has 0 saturated carbocycles. The highest BCUT2D eigenvalue weighted by atomic mass is 19.1. The molecule has 1 N–H and O–H groups in total. The van der Waals surface area contributed by atoms with Gasteiger partial charge in [-0.3, -0.25) is 24.6 Å². The van der Waals surface area contributed by atoms with Crippen molar-refractivity contribution in [1.29, 1.82) is 5.26 Å². The van der Waals surface area contributed by atoms with E-state index in [4.69, 9.17) is 5.26 Å². The van der Waals surface area contributed by atoms with Crippen molar-refractivity contribution < 1.29 is 18.8 Å². The monoisotopic (exact) mass is 460 g/mol. The zero-order valence-electron chi connectivity index (χ0n) is 18.7. The number of nitrogens with zero attached hydrogens (tertiary/aromatic N) is 3. The first-order valence-corrected chi connectivity index (χ1v) is 11.6. The Balaban J connectivity index is 1.31. The minimum atomic E-state index is -0.709. The van der Waals surface area contributed by atoms with E-state index in [1.165, 1.54) is 17.0 Å². The molecule has 0 radical (unpaired) electrons. The van der Waals surface area contributed by atoms with Gasteiger partial charge in [-0.15, -0.1) is 0 Å². The Morgan fingerprint density at radius 1 is 1.09 bits per heavy atom. The van der Waals surface area contributed by atoms with Crippen LogP contribution in [0.4, 0.5) is 4.39 Å². The Kier molecular flexibility index (Phi) is 5.88. The van der Waals surface area contributed by atoms with Crippen molar-refractivity contribution in [2.24, 2.45) is 0 Å². The Morgan fingerprint density at radius 2 is 1.88 bits per heavy atom. The Bertz CT molecular complexity index is 1210. The quantitative estimate of drug-likeness (QED) is 0.709. The average molecular weight is 461 g/mol. The van der Waals surface area contributed by atoms with Crippen LogP contribution in [0.15, 0.2) is 36.4 Å². The highest BCUT2D eigenvalue weighted by Gasteiger charge is 2.41. The predicted molar refractivity (Wildman–Crippen MR) is 121 cm³/mol. The number of fused-ring (bicyclic) bond motifs is 1. The third-order valence-corrected chi connectivity index (χ3v) is 7.14. The summed E-state index contributed by atoms with van der Waals surface area (Å²) in [5.41, 5.74) is 3.72. The van der Waals surface area contributed by atoms with Gasteiger partial charge in [-0.05, 0) is 79.2 Å². The first kappa shape index (κ1) is 22.2. The molecule has 3 aliphatic heterocycles. The summed E-state index contributed by atoms with van der Waals surface area (Å²) in [6, 6.07) is 11.9. The second-order valence-corrected chi connectivity index (χ2v) is 9.28. The van der Waals surface area contributed by atoms with Gasteiger partial charge in [0.2, 0.25) is 11.8 Å². The maximum absolute atomic E-state index is 14.6. The van der Waals surface area contributed by atoms with Crippen molar-refractivity contribution in [3.8, 4) is 6.07 Å². The fourth-order valence-electron chi connectivity index (χ4n) is 5.42. The van der Waals surface area contributed by atoms with E-state index in [9.17, 15) is 18.8 Å². The van der Waals surface area contributed by atoms with E-state index in [1.54, 1.807) is 6.07 Å². The minimum Gasteiger partial charge on any atom is -0.322 e. The Labute approximate surface area is 197 Å². The summed E-state index contributed by atoms with van der Waals surface area (Å²) in [7, 11) is 0. The average Bonchev–Trinajstić information content (AvgIpc) is 3.15. The van der Waals surface area contributed by atoms with Crippen LogP contribution in [-0.4, -0.2) is 46.7 Å². The summed E-state index contributed by atoms with van der Waals surface area (Å²) in [6.45, 7) is 2.68. The summed E-state index contributed by atoms with van der Waals surface area (Å²) >= 11 is 0. The molecule has 34 heavy (non-hydrogen) atoms. The number of hydrogen-bond acceptors (Lipinski definition) is 5. The number of carbonyl (C=O) groups excluding carboxylic acids is 3.